The van der Waals surface area contributed by atoms with Crippen molar-refractivity contribution in [2.75, 3.05) is 13.1 Å². The van der Waals surface area contributed by atoms with Crippen LogP contribution in [0.25, 0.3) is 0 Å². The first-order valence-corrected chi connectivity index (χ1v) is 8.18. The monoisotopic (exact) mass is 339 g/mol. The Labute approximate surface area is 132 Å². The lowest BCUT2D eigenvalue weighted by Gasteiger charge is -2.43. The minimum Gasteiger partial charge on any atom is -0.478 e. The Morgan fingerprint density at radius 1 is 1.30 bits per heavy atom. The fourth-order valence-electron chi connectivity index (χ4n) is 2.46. The highest BCUT2D eigenvalue weighted by atomic mass is 32.2. The van der Waals surface area contributed by atoms with Crippen LogP contribution in [0.2, 0.25) is 0 Å². The summed E-state index contributed by atoms with van der Waals surface area (Å²) < 4.78 is 41.8. The molecule has 1 saturated heterocycles. The Bertz CT molecular complexity index is 854. The molecule has 0 spiro atoms. The molecule has 23 heavy (non-hydrogen) atoms. The highest BCUT2D eigenvalue weighted by molar-refractivity contribution is 7.89. The smallest absolute Gasteiger partial charge is 0.335 e. The van der Waals surface area contributed by atoms with Crippen molar-refractivity contribution in [2.45, 2.75) is 10.6 Å². The van der Waals surface area contributed by atoms with E-state index in [-0.39, 0.29) is 29.1 Å². The van der Waals surface area contributed by atoms with E-state index in [4.69, 9.17) is 5.11 Å². The van der Waals surface area contributed by atoms with Gasteiger partial charge in [-0.2, -0.15) is 9.40 Å². The zero-order valence-electron chi connectivity index (χ0n) is 12.2. The van der Waals surface area contributed by atoms with Crippen LogP contribution < -0.4 is 0 Å². The van der Waals surface area contributed by atoms with Gasteiger partial charge < -0.3 is 5.11 Å². The molecular weight excluding hydrogens is 325 g/mol. The van der Waals surface area contributed by atoms with Gasteiger partial charge >= 0.3 is 5.97 Å². The molecule has 0 atom stereocenters. The summed E-state index contributed by atoms with van der Waals surface area (Å²) in [7, 11) is -2.17. The number of carboxylic acid groups (broad SMARTS) is 1. The summed E-state index contributed by atoms with van der Waals surface area (Å²) in [5.41, 5.74) is -1.50. The first kappa shape index (κ1) is 15.6. The fraction of sp³-hybridized carbons (Fsp3) is 0.286. The van der Waals surface area contributed by atoms with Gasteiger partial charge in [0.2, 0.25) is 10.0 Å². The van der Waals surface area contributed by atoms with E-state index in [1.807, 2.05) is 0 Å². The SMILES string of the molecule is Cn1cc(S(=O)(=O)N2CC(F)(c3ccc(C(=O)O)cc3)C2)cn1. The summed E-state index contributed by atoms with van der Waals surface area (Å²) in [6, 6.07) is 5.35. The average molecular weight is 339 g/mol. The van der Waals surface area contributed by atoms with Gasteiger partial charge in [-0.15, -0.1) is 0 Å². The third kappa shape index (κ3) is 2.62. The van der Waals surface area contributed by atoms with Crippen molar-refractivity contribution in [3.05, 3.63) is 47.8 Å². The summed E-state index contributed by atoms with van der Waals surface area (Å²) in [6.45, 7) is -0.618. The van der Waals surface area contributed by atoms with E-state index in [0.29, 0.717) is 0 Å². The van der Waals surface area contributed by atoms with Crippen molar-refractivity contribution in [1.29, 1.82) is 0 Å². The van der Waals surface area contributed by atoms with Crippen LogP contribution in [0.5, 0.6) is 0 Å². The third-order valence-electron chi connectivity index (χ3n) is 3.82. The Morgan fingerprint density at radius 3 is 2.39 bits per heavy atom. The first-order chi connectivity index (χ1) is 10.7. The molecule has 0 saturated carbocycles. The second kappa shape index (κ2) is 5.14. The van der Waals surface area contributed by atoms with Crippen LogP contribution >= 0.6 is 0 Å². The highest BCUT2D eigenvalue weighted by Gasteiger charge is 2.50. The zero-order valence-corrected chi connectivity index (χ0v) is 13.0. The molecule has 3 rings (SSSR count). The minimum atomic E-state index is -3.77. The van der Waals surface area contributed by atoms with Crippen molar-refractivity contribution in [2.24, 2.45) is 7.05 Å². The molecule has 1 aromatic carbocycles. The molecule has 0 amide bonds. The maximum Gasteiger partial charge on any atom is 0.335 e. The number of aryl methyl sites for hydroxylation is 1. The lowest BCUT2D eigenvalue weighted by molar-refractivity contribution is 0.0179. The Hall–Kier alpha value is -2.26. The van der Waals surface area contributed by atoms with Crippen LogP contribution in [0.1, 0.15) is 15.9 Å². The quantitative estimate of drug-likeness (QED) is 0.897. The third-order valence-corrected chi connectivity index (χ3v) is 5.57. The number of alkyl halides is 1. The molecule has 1 aliphatic heterocycles. The number of hydrogen-bond acceptors (Lipinski definition) is 4. The molecule has 2 heterocycles. The van der Waals surface area contributed by atoms with Crippen molar-refractivity contribution in [3.8, 4) is 0 Å². The molecule has 9 heteroatoms. The molecule has 7 nitrogen and oxygen atoms in total. The summed E-state index contributed by atoms with van der Waals surface area (Å²) in [5.74, 6) is -1.10. The number of sulfonamides is 1. The Morgan fingerprint density at radius 2 is 1.91 bits per heavy atom. The molecule has 2 aromatic rings. The standard InChI is InChI=1S/C14H14FN3O4S/c1-17-7-12(6-16-17)23(21,22)18-8-14(15,9-18)11-4-2-10(3-5-11)13(19)20/h2-7H,8-9H2,1H3,(H,19,20). The Balaban J connectivity index is 1.78. The lowest BCUT2D eigenvalue weighted by Crippen LogP contribution is -2.58. The Kier molecular flexibility index (Phi) is 3.49. The molecule has 1 aromatic heterocycles. The predicted molar refractivity (Wildman–Crippen MR) is 78.2 cm³/mol. The molecule has 122 valence electrons. The molecular formula is C14H14FN3O4S. The summed E-state index contributed by atoms with van der Waals surface area (Å²) in [5, 5.41) is 12.6. The van der Waals surface area contributed by atoms with E-state index in [1.165, 1.54) is 41.3 Å². The van der Waals surface area contributed by atoms with E-state index in [1.54, 1.807) is 7.05 Å². The summed E-state index contributed by atoms with van der Waals surface area (Å²) >= 11 is 0. The van der Waals surface area contributed by atoms with Gasteiger partial charge in [-0.05, 0) is 17.7 Å². The van der Waals surface area contributed by atoms with Gasteiger partial charge in [0.15, 0.2) is 5.67 Å². The first-order valence-electron chi connectivity index (χ1n) is 6.74. The molecule has 1 aliphatic rings. The maximum absolute atomic E-state index is 14.8. The van der Waals surface area contributed by atoms with Gasteiger partial charge in [0.1, 0.15) is 4.90 Å². The van der Waals surface area contributed by atoms with Gasteiger partial charge in [0.25, 0.3) is 0 Å². The van der Waals surface area contributed by atoms with Gasteiger partial charge in [-0.1, -0.05) is 12.1 Å². The number of nitrogens with zero attached hydrogens (tertiary/aromatic N) is 3. The van der Waals surface area contributed by atoms with Crippen molar-refractivity contribution >= 4 is 16.0 Å². The zero-order chi connectivity index (χ0) is 16.8. The maximum atomic E-state index is 14.8. The number of carboxylic acids is 1. The largest absolute Gasteiger partial charge is 0.478 e. The van der Waals surface area contributed by atoms with E-state index < -0.39 is 21.7 Å². The van der Waals surface area contributed by atoms with Crippen LogP contribution in [0.15, 0.2) is 41.6 Å². The van der Waals surface area contributed by atoms with Gasteiger partial charge in [0, 0.05) is 13.2 Å². The number of carbonyl (C=O) groups is 1. The lowest BCUT2D eigenvalue weighted by atomic mass is 9.89. The second-order valence-electron chi connectivity index (χ2n) is 5.47. The number of rotatable bonds is 4. The number of aromatic nitrogens is 2. The number of hydrogen-bond donors (Lipinski definition) is 1. The van der Waals surface area contributed by atoms with Crippen LogP contribution in [-0.2, 0) is 22.7 Å². The molecule has 1 N–H and O–H groups in total. The summed E-state index contributed by atoms with van der Waals surface area (Å²) in [6.07, 6.45) is 2.57. The molecule has 0 bridgehead atoms. The number of aromatic carboxylic acids is 1. The van der Waals surface area contributed by atoms with E-state index >= 15 is 0 Å². The number of halogens is 1. The molecule has 1 fully saturated rings. The fourth-order valence-corrected chi connectivity index (χ4v) is 3.97. The van der Waals surface area contributed by atoms with Crippen molar-refractivity contribution in [3.63, 3.8) is 0 Å². The average Bonchev–Trinajstić information content (AvgIpc) is 2.91. The van der Waals surface area contributed by atoms with Crippen LogP contribution in [-0.4, -0.2) is 46.7 Å². The van der Waals surface area contributed by atoms with E-state index in [0.717, 1.165) is 4.31 Å². The normalized spacial score (nSPS) is 17.7. The minimum absolute atomic E-state index is 0.0169. The van der Waals surface area contributed by atoms with E-state index in [9.17, 15) is 17.6 Å². The summed E-state index contributed by atoms with van der Waals surface area (Å²) in [4.78, 5) is 10.8. The van der Waals surface area contributed by atoms with Gasteiger partial charge in [-0.3, -0.25) is 4.68 Å². The van der Waals surface area contributed by atoms with Gasteiger partial charge in [-0.25, -0.2) is 17.6 Å². The van der Waals surface area contributed by atoms with E-state index in [2.05, 4.69) is 5.10 Å². The second-order valence-corrected chi connectivity index (χ2v) is 7.41. The highest BCUT2D eigenvalue weighted by Crippen LogP contribution is 2.39. The topological polar surface area (TPSA) is 92.5 Å². The van der Waals surface area contributed by atoms with Crippen LogP contribution in [0, 0.1) is 0 Å². The molecule has 0 unspecified atom stereocenters. The van der Waals surface area contributed by atoms with Crippen LogP contribution in [0.4, 0.5) is 4.39 Å². The van der Waals surface area contributed by atoms with Crippen molar-refractivity contribution < 1.29 is 22.7 Å². The molecule has 0 radical (unpaired) electrons. The predicted octanol–water partition coefficient (Wildman–Crippen LogP) is 0.988. The van der Waals surface area contributed by atoms with Crippen molar-refractivity contribution in [1.82, 2.24) is 14.1 Å². The van der Waals surface area contributed by atoms with Crippen LogP contribution in [0.3, 0.4) is 0 Å². The van der Waals surface area contributed by atoms with Gasteiger partial charge in [0.05, 0.1) is 24.8 Å². The number of benzene rings is 1. The molecule has 0 aliphatic carbocycles.